The Morgan fingerprint density at radius 1 is 1.56 bits per heavy atom. The lowest BCUT2D eigenvalue weighted by molar-refractivity contribution is -0.401. The molecule has 0 bridgehead atoms. The van der Waals surface area contributed by atoms with Gasteiger partial charge in [0.1, 0.15) is 4.92 Å². The van der Waals surface area contributed by atoms with E-state index in [1.165, 1.54) is 12.1 Å². The molecule has 7 nitrogen and oxygen atoms in total. The van der Waals surface area contributed by atoms with Gasteiger partial charge in [-0.05, 0) is 12.5 Å². The number of hydrogen-bond acceptors (Lipinski definition) is 6. The lowest BCUT2D eigenvalue weighted by Crippen LogP contribution is -1.92. The fourth-order valence-corrected chi connectivity index (χ4v) is 1.69. The highest BCUT2D eigenvalue weighted by molar-refractivity contribution is 6.20. The maximum atomic E-state index is 10.5. The molecule has 0 N–H and O–H groups in total. The average Bonchev–Trinajstić information content (AvgIpc) is 2.98. The summed E-state index contributed by atoms with van der Waals surface area (Å²) in [7, 11) is 0. The summed E-state index contributed by atoms with van der Waals surface area (Å²) in [6.07, 6.45) is 1.61. The fourth-order valence-electron chi connectivity index (χ4n) is 1.39. The van der Waals surface area contributed by atoms with Gasteiger partial charge >= 0.3 is 5.88 Å². The standard InChI is InChI=1S/C10H10ClN3O4/c1-2-3-6(11)9-12-10(18-13-9)7-4-5-8(17-7)14(15)16/h4-6H,2-3H2,1H3. The van der Waals surface area contributed by atoms with Crippen molar-refractivity contribution in [2.24, 2.45) is 0 Å². The molecular weight excluding hydrogens is 262 g/mol. The van der Waals surface area contributed by atoms with Crippen molar-refractivity contribution in [1.82, 2.24) is 10.1 Å². The molecule has 0 amide bonds. The van der Waals surface area contributed by atoms with Crippen molar-refractivity contribution in [2.45, 2.75) is 25.1 Å². The zero-order chi connectivity index (χ0) is 13.1. The highest BCUT2D eigenvalue weighted by Gasteiger charge is 2.20. The second kappa shape index (κ2) is 5.18. The van der Waals surface area contributed by atoms with Gasteiger partial charge in [-0.1, -0.05) is 18.5 Å². The molecule has 0 aliphatic carbocycles. The first-order valence-corrected chi connectivity index (χ1v) is 5.77. The zero-order valence-corrected chi connectivity index (χ0v) is 10.3. The second-order valence-corrected chi connectivity index (χ2v) is 4.14. The van der Waals surface area contributed by atoms with Gasteiger partial charge < -0.3 is 8.94 Å². The van der Waals surface area contributed by atoms with Crippen LogP contribution in [0.1, 0.15) is 31.0 Å². The molecule has 8 heteroatoms. The fraction of sp³-hybridized carbons (Fsp3) is 0.400. The Bertz CT molecular complexity index is 551. The maximum absolute atomic E-state index is 10.5. The number of halogens is 1. The van der Waals surface area contributed by atoms with E-state index in [0.717, 1.165) is 12.8 Å². The minimum atomic E-state index is -0.637. The number of furan rings is 1. The van der Waals surface area contributed by atoms with E-state index in [2.05, 4.69) is 10.1 Å². The molecule has 0 aliphatic rings. The lowest BCUT2D eigenvalue weighted by atomic mass is 10.2. The highest BCUT2D eigenvalue weighted by Crippen LogP contribution is 2.28. The molecule has 1 atom stereocenters. The van der Waals surface area contributed by atoms with Crippen LogP contribution in [0.15, 0.2) is 21.1 Å². The van der Waals surface area contributed by atoms with E-state index in [1.54, 1.807) is 0 Å². The molecule has 2 heterocycles. The molecule has 2 rings (SSSR count). The van der Waals surface area contributed by atoms with Gasteiger partial charge in [-0.3, -0.25) is 10.1 Å². The lowest BCUT2D eigenvalue weighted by Gasteiger charge is -1.99. The van der Waals surface area contributed by atoms with Gasteiger partial charge in [-0.2, -0.15) is 4.98 Å². The second-order valence-electron chi connectivity index (χ2n) is 3.61. The third kappa shape index (κ3) is 2.51. The van der Waals surface area contributed by atoms with E-state index in [0.29, 0.717) is 5.82 Å². The molecule has 0 saturated heterocycles. The van der Waals surface area contributed by atoms with Crippen LogP contribution in [0.2, 0.25) is 0 Å². The number of rotatable bonds is 5. The molecule has 2 aromatic heterocycles. The summed E-state index contributed by atoms with van der Waals surface area (Å²) in [5.74, 6) is 0.217. The summed E-state index contributed by atoms with van der Waals surface area (Å²) in [6, 6.07) is 2.63. The van der Waals surface area contributed by atoms with Crippen LogP contribution in [0.25, 0.3) is 11.7 Å². The van der Waals surface area contributed by atoms with Crippen LogP contribution < -0.4 is 0 Å². The van der Waals surface area contributed by atoms with Crippen molar-refractivity contribution in [2.75, 3.05) is 0 Å². The first kappa shape index (κ1) is 12.6. The van der Waals surface area contributed by atoms with Crippen LogP contribution in [0, 0.1) is 10.1 Å². The topological polar surface area (TPSA) is 95.2 Å². The van der Waals surface area contributed by atoms with E-state index in [9.17, 15) is 10.1 Å². The van der Waals surface area contributed by atoms with Crippen molar-refractivity contribution in [3.63, 3.8) is 0 Å². The summed E-state index contributed by atoms with van der Waals surface area (Å²) >= 11 is 6.04. The average molecular weight is 272 g/mol. The monoisotopic (exact) mass is 271 g/mol. The summed E-state index contributed by atoms with van der Waals surface area (Å²) < 4.78 is 9.90. The Kier molecular flexibility index (Phi) is 3.61. The summed E-state index contributed by atoms with van der Waals surface area (Å²) in [4.78, 5) is 13.9. The van der Waals surface area contributed by atoms with Crippen molar-refractivity contribution in [1.29, 1.82) is 0 Å². The van der Waals surface area contributed by atoms with Gasteiger partial charge in [0.2, 0.25) is 0 Å². The Balaban J connectivity index is 2.20. The summed E-state index contributed by atoms with van der Waals surface area (Å²) in [6.45, 7) is 1.99. The highest BCUT2D eigenvalue weighted by atomic mass is 35.5. The molecule has 0 fully saturated rings. The van der Waals surface area contributed by atoms with Gasteiger partial charge in [0.15, 0.2) is 11.6 Å². The van der Waals surface area contributed by atoms with Crippen LogP contribution in [0.4, 0.5) is 5.88 Å². The van der Waals surface area contributed by atoms with Gasteiger partial charge in [0.25, 0.3) is 5.89 Å². The van der Waals surface area contributed by atoms with Crippen molar-refractivity contribution < 1.29 is 13.9 Å². The third-order valence-electron chi connectivity index (χ3n) is 2.25. The largest absolute Gasteiger partial charge is 0.433 e. The first-order valence-electron chi connectivity index (χ1n) is 5.34. The predicted octanol–water partition coefficient (Wildman–Crippen LogP) is 3.32. The number of nitro groups is 1. The number of alkyl halides is 1. The van der Waals surface area contributed by atoms with Gasteiger partial charge in [-0.25, -0.2) is 0 Å². The SMILES string of the molecule is CCCC(Cl)c1noc(-c2ccc([N+](=O)[O-])o2)n1. The smallest absolute Gasteiger partial charge is 0.395 e. The van der Waals surface area contributed by atoms with E-state index >= 15 is 0 Å². The number of hydrogen-bond donors (Lipinski definition) is 0. The van der Waals surface area contributed by atoms with Crippen molar-refractivity contribution in [3.8, 4) is 11.7 Å². The van der Waals surface area contributed by atoms with Crippen LogP contribution in [-0.4, -0.2) is 15.1 Å². The molecule has 0 saturated carbocycles. The third-order valence-corrected chi connectivity index (χ3v) is 2.66. The van der Waals surface area contributed by atoms with E-state index < -0.39 is 4.92 Å². The van der Waals surface area contributed by atoms with Gasteiger partial charge in [0.05, 0.1) is 11.4 Å². The Labute approximate surface area is 107 Å². The van der Waals surface area contributed by atoms with Gasteiger partial charge in [0, 0.05) is 0 Å². The molecule has 2 aromatic rings. The summed E-state index contributed by atoms with van der Waals surface area (Å²) in [5.41, 5.74) is 0. The minimum absolute atomic E-state index is 0.0832. The molecule has 1 unspecified atom stereocenters. The van der Waals surface area contributed by atoms with Crippen molar-refractivity contribution >= 4 is 17.5 Å². The predicted molar refractivity (Wildman–Crippen MR) is 62.2 cm³/mol. The number of aromatic nitrogens is 2. The molecule has 0 aromatic carbocycles. The quantitative estimate of drug-likeness (QED) is 0.470. The van der Waals surface area contributed by atoms with Crippen molar-refractivity contribution in [3.05, 3.63) is 28.1 Å². The molecule has 18 heavy (non-hydrogen) atoms. The zero-order valence-electron chi connectivity index (χ0n) is 9.50. The van der Waals surface area contributed by atoms with Crippen LogP contribution in [-0.2, 0) is 0 Å². The summed E-state index contributed by atoms with van der Waals surface area (Å²) in [5, 5.41) is 13.8. The molecule has 0 spiro atoms. The molecular formula is C10H10ClN3O4. The van der Waals surface area contributed by atoms with E-state index in [4.69, 9.17) is 20.5 Å². The maximum Gasteiger partial charge on any atom is 0.433 e. The van der Waals surface area contributed by atoms with Gasteiger partial charge in [-0.15, -0.1) is 11.6 Å². The van der Waals surface area contributed by atoms with Crippen LogP contribution in [0.5, 0.6) is 0 Å². The van der Waals surface area contributed by atoms with Crippen LogP contribution in [0.3, 0.4) is 0 Å². The minimum Gasteiger partial charge on any atom is -0.395 e. The molecule has 0 aliphatic heterocycles. The van der Waals surface area contributed by atoms with E-state index in [-0.39, 0.29) is 22.9 Å². The first-order chi connectivity index (χ1) is 8.61. The molecule has 96 valence electrons. The molecule has 0 radical (unpaired) electrons. The Morgan fingerprint density at radius 3 is 2.94 bits per heavy atom. The van der Waals surface area contributed by atoms with E-state index in [1.807, 2.05) is 6.92 Å². The van der Waals surface area contributed by atoms with Crippen LogP contribution >= 0.6 is 11.6 Å². The Morgan fingerprint density at radius 2 is 2.33 bits per heavy atom. The Hall–Kier alpha value is -1.89. The number of nitrogens with zero attached hydrogens (tertiary/aromatic N) is 3. The normalized spacial score (nSPS) is 12.6.